The summed E-state index contributed by atoms with van der Waals surface area (Å²) in [5.41, 5.74) is 1.45. The zero-order valence-corrected chi connectivity index (χ0v) is 23.2. The Labute approximate surface area is 230 Å². The highest BCUT2D eigenvalue weighted by Crippen LogP contribution is 2.18. The molecule has 1 N–H and O–H groups in total. The molecule has 1 atom stereocenters. The fourth-order valence-corrected chi connectivity index (χ4v) is 2.91. The molecule has 37 heavy (non-hydrogen) atoms. The Balaban J connectivity index is 0.00000112. The van der Waals surface area contributed by atoms with Gasteiger partial charge in [-0.25, -0.2) is 14.4 Å². The summed E-state index contributed by atoms with van der Waals surface area (Å²) in [6, 6.07) is 22.1. The Hall–Kier alpha value is -3.24. The van der Waals surface area contributed by atoms with E-state index in [2.05, 4.69) is 36.4 Å². The van der Waals surface area contributed by atoms with Crippen molar-refractivity contribution in [1.29, 1.82) is 0 Å². The molecular formula is C29H31IO7. The van der Waals surface area contributed by atoms with Gasteiger partial charge in [-0.3, -0.25) is 0 Å². The van der Waals surface area contributed by atoms with Crippen molar-refractivity contribution in [2.75, 3.05) is 6.61 Å². The molecule has 196 valence electrons. The molecule has 0 aromatic heterocycles. The number of halogens is 1. The third-order valence-electron chi connectivity index (χ3n) is 4.69. The van der Waals surface area contributed by atoms with Crippen molar-refractivity contribution in [2.24, 2.45) is 0 Å². The van der Waals surface area contributed by atoms with Crippen LogP contribution in [-0.2, 0) is 27.4 Å². The molecule has 8 heteroatoms. The van der Waals surface area contributed by atoms with E-state index in [9.17, 15) is 14.4 Å². The van der Waals surface area contributed by atoms with Crippen LogP contribution in [0.25, 0.3) is 0 Å². The predicted molar refractivity (Wildman–Crippen MR) is 149 cm³/mol. The molecule has 0 amide bonds. The van der Waals surface area contributed by atoms with Crippen LogP contribution in [0.3, 0.4) is 0 Å². The Morgan fingerprint density at radius 1 is 0.730 bits per heavy atom. The number of benzene rings is 3. The molecule has 0 aliphatic carbocycles. The number of hydrogen-bond acceptors (Lipinski definition) is 7. The maximum absolute atomic E-state index is 12.8. The van der Waals surface area contributed by atoms with Gasteiger partial charge < -0.3 is 19.3 Å². The number of ether oxygens (including phenoxy) is 3. The Morgan fingerprint density at radius 3 is 1.65 bits per heavy atom. The van der Waals surface area contributed by atoms with E-state index in [0.717, 1.165) is 15.1 Å². The zero-order valence-electron chi connectivity index (χ0n) is 21.1. The van der Waals surface area contributed by atoms with Gasteiger partial charge in [0.2, 0.25) is 0 Å². The number of aliphatic hydroxyl groups is 1. The van der Waals surface area contributed by atoms with E-state index < -0.39 is 24.0 Å². The van der Waals surface area contributed by atoms with Crippen LogP contribution >= 0.6 is 22.6 Å². The second-order valence-electron chi connectivity index (χ2n) is 8.30. The Morgan fingerprint density at radius 2 is 1.19 bits per heavy atom. The summed E-state index contributed by atoms with van der Waals surface area (Å²) in [7, 11) is 0. The van der Waals surface area contributed by atoms with Gasteiger partial charge in [-0.15, -0.1) is 0 Å². The highest BCUT2D eigenvalue weighted by Gasteiger charge is 2.23. The van der Waals surface area contributed by atoms with Gasteiger partial charge in [0, 0.05) is 3.92 Å². The fraction of sp³-hybridized carbons (Fsp3) is 0.276. The number of esters is 3. The monoisotopic (exact) mass is 618 g/mol. The lowest BCUT2D eigenvalue weighted by atomic mass is 10.0. The van der Waals surface area contributed by atoms with E-state index in [4.69, 9.17) is 19.3 Å². The average molecular weight is 618 g/mol. The molecule has 0 fully saturated rings. The summed E-state index contributed by atoms with van der Waals surface area (Å²) in [6.07, 6.45) is -0.721. The van der Waals surface area contributed by atoms with Crippen LogP contribution in [0.1, 0.15) is 63.0 Å². The van der Waals surface area contributed by atoms with E-state index in [0.29, 0.717) is 0 Å². The van der Waals surface area contributed by atoms with E-state index in [1.807, 2.05) is 48.5 Å². The summed E-state index contributed by atoms with van der Waals surface area (Å²) in [6.45, 7) is 5.51. The van der Waals surface area contributed by atoms with Gasteiger partial charge in [-0.2, -0.15) is 0 Å². The summed E-state index contributed by atoms with van der Waals surface area (Å²) >= 11 is 2.34. The van der Waals surface area contributed by atoms with E-state index >= 15 is 0 Å². The van der Waals surface area contributed by atoms with Gasteiger partial charge in [-0.05, 0) is 36.2 Å². The number of carbonyl (C=O) groups excluding carboxylic acids is 3. The maximum atomic E-state index is 12.8. The molecule has 1 unspecified atom stereocenters. The highest BCUT2D eigenvalue weighted by atomic mass is 127. The molecule has 0 aliphatic heterocycles. The first-order valence-corrected chi connectivity index (χ1v) is 13.0. The molecule has 3 rings (SSSR count). The van der Waals surface area contributed by atoms with Gasteiger partial charge in [0.05, 0.1) is 23.3 Å². The van der Waals surface area contributed by atoms with E-state index in [1.165, 1.54) is 25.1 Å². The predicted octanol–water partition coefficient (Wildman–Crippen LogP) is 5.77. The van der Waals surface area contributed by atoms with Crippen molar-refractivity contribution in [3.05, 3.63) is 107 Å². The molecule has 0 spiro atoms. The quantitative estimate of drug-likeness (QED) is 0.141. The molecule has 0 bridgehead atoms. The van der Waals surface area contributed by atoms with Crippen molar-refractivity contribution in [1.82, 2.24) is 0 Å². The minimum absolute atomic E-state index is 0.00556. The molecular weight excluding hydrogens is 587 g/mol. The second-order valence-corrected chi connectivity index (χ2v) is 10.8. The van der Waals surface area contributed by atoms with Crippen LogP contribution in [0.2, 0.25) is 0 Å². The lowest BCUT2D eigenvalue weighted by Gasteiger charge is -2.13. The Bertz CT molecular complexity index is 1140. The summed E-state index contributed by atoms with van der Waals surface area (Å²) in [5.74, 6) is -2.25. The van der Waals surface area contributed by atoms with Crippen molar-refractivity contribution in [3.8, 4) is 0 Å². The first-order chi connectivity index (χ1) is 17.7. The number of aliphatic hydroxyl groups excluding tert-OH is 1. The van der Waals surface area contributed by atoms with Crippen molar-refractivity contribution in [3.63, 3.8) is 0 Å². The normalized spacial score (nSPS) is 11.1. The maximum Gasteiger partial charge on any atom is 0.339 e. The SMILES string of the molecule is CC(C)I.CC(CO)OC(=O)c1ccc(C(=O)OCc2ccccc2)c(C(=O)OCc2ccccc2)c1. The van der Waals surface area contributed by atoms with Gasteiger partial charge in [0.15, 0.2) is 0 Å². The van der Waals surface area contributed by atoms with Gasteiger partial charge in [0.25, 0.3) is 0 Å². The molecule has 3 aromatic carbocycles. The standard InChI is InChI=1S/C26H24O7.C3H7I/c1-18(15-27)33-24(28)21-12-13-22(25(29)31-16-19-8-4-2-5-9-19)23(14-21)26(30)32-17-20-10-6-3-7-11-20;1-3(2)4/h2-14,18,27H,15-17H2,1H3;3H,1-2H3. The number of rotatable bonds is 9. The first kappa shape index (κ1) is 30.0. The summed E-state index contributed by atoms with van der Waals surface area (Å²) in [5, 5.41) is 9.11. The third kappa shape index (κ3) is 10.7. The van der Waals surface area contributed by atoms with Crippen molar-refractivity contribution >= 4 is 40.5 Å². The third-order valence-corrected chi connectivity index (χ3v) is 4.69. The lowest BCUT2D eigenvalue weighted by molar-refractivity contribution is 0.0196. The number of alkyl halides is 1. The van der Waals surface area contributed by atoms with Crippen LogP contribution < -0.4 is 0 Å². The summed E-state index contributed by atoms with van der Waals surface area (Å²) < 4.78 is 16.6. The number of hydrogen-bond donors (Lipinski definition) is 1. The fourth-order valence-electron chi connectivity index (χ4n) is 2.91. The van der Waals surface area contributed by atoms with Gasteiger partial charge in [-0.1, -0.05) is 97.1 Å². The molecule has 0 radical (unpaired) electrons. The first-order valence-electron chi connectivity index (χ1n) is 11.7. The van der Waals surface area contributed by atoms with Crippen LogP contribution in [0.15, 0.2) is 78.9 Å². The van der Waals surface area contributed by atoms with Crippen LogP contribution in [-0.4, -0.2) is 39.6 Å². The zero-order chi connectivity index (χ0) is 27.2. The smallest absolute Gasteiger partial charge is 0.339 e. The van der Waals surface area contributed by atoms with E-state index in [-0.39, 0.29) is 36.5 Å². The minimum atomic E-state index is -0.782. The average Bonchev–Trinajstić information content (AvgIpc) is 2.90. The van der Waals surface area contributed by atoms with Crippen LogP contribution in [0.4, 0.5) is 0 Å². The van der Waals surface area contributed by atoms with Crippen molar-refractivity contribution < 1.29 is 33.7 Å². The Kier molecular flexibility index (Phi) is 12.8. The lowest BCUT2D eigenvalue weighted by Crippen LogP contribution is -2.20. The largest absolute Gasteiger partial charge is 0.457 e. The second kappa shape index (κ2) is 15.8. The van der Waals surface area contributed by atoms with Gasteiger partial charge >= 0.3 is 17.9 Å². The van der Waals surface area contributed by atoms with Crippen LogP contribution in [0.5, 0.6) is 0 Å². The summed E-state index contributed by atoms with van der Waals surface area (Å²) in [4.78, 5) is 38.0. The molecule has 0 saturated carbocycles. The molecule has 0 aliphatic rings. The minimum Gasteiger partial charge on any atom is -0.457 e. The number of carbonyl (C=O) groups is 3. The molecule has 0 saturated heterocycles. The molecule has 3 aromatic rings. The van der Waals surface area contributed by atoms with E-state index in [1.54, 1.807) is 12.1 Å². The highest BCUT2D eigenvalue weighted by molar-refractivity contribution is 14.1. The molecule has 7 nitrogen and oxygen atoms in total. The van der Waals surface area contributed by atoms with Crippen LogP contribution in [0, 0.1) is 0 Å². The van der Waals surface area contributed by atoms with Crippen molar-refractivity contribution in [2.45, 2.75) is 44.0 Å². The van der Waals surface area contributed by atoms with Gasteiger partial charge in [0.1, 0.15) is 19.3 Å². The molecule has 0 heterocycles. The topological polar surface area (TPSA) is 99.1 Å².